The van der Waals surface area contributed by atoms with Crippen LogP contribution in [0.25, 0.3) is 0 Å². The zero-order valence-electron chi connectivity index (χ0n) is 6.44. The summed E-state index contributed by atoms with van der Waals surface area (Å²) >= 11 is 0. The molecule has 0 aliphatic rings. The van der Waals surface area contributed by atoms with Crippen molar-refractivity contribution >= 4 is 0 Å². The van der Waals surface area contributed by atoms with Gasteiger partial charge >= 0.3 is 0 Å². The average molecular weight is 168 g/mol. The van der Waals surface area contributed by atoms with Gasteiger partial charge in [-0.3, -0.25) is 4.68 Å². The first-order chi connectivity index (χ1) is 5.76. The molecule has 0 spiro atoms. The summed E-state index contributed by atoms with van der Waals surface area (Å²) in [4.78, 5) is 0. The van der Waals surface area contributed by atoms with Gasteiger partial charge in [0, 0.05) is 12.7 Å². The maximum Gasteiger partial charge on any atom is 0.132 e. The average Bonchev–Trinajstić information content (AvgIpc) is 2.52. The molecule has 64 valence electrons. The zero-order valence-corrected chi connectivity index (χ0v) is 6.44. The lowest BCUT2D eigenvalue weighted by Gasteiger charge is -2.03. The van der Waals surface area contributed by atoms with Crippen molar-refractivity contribution in [3.63, 3.8) is 0 Å². The van der Waals surface area contributed by atoms with Crippen molar-refractivity contribution in [1.82, 2.24) is 9.78 Å². The highest BCUT2D eigenvalue weighted by Crippen LogP contribution is 1.98. The molecule has 1 rings (SSSR count). The molecule has 0 fully saturated rings. The molecule has 5 heteroatoms. The molecule has 0 bridgehead atoms. The Labute approximate surface area is 69.4 Å². The van der Waals surface area contributed by atoms with Crippen LogP contribution in [0.1, 0.15) is 5.56 Å². The molecule has 0 aliphatic carbocycles. The normalized spacial score (nSPS) is 12.4. The van der Waals surface area contributed by atoms with Gasteiger partial charge in [-0.15, -0.1) is 0 Å². The number of hydrogen-bond donors (Lipinski definition) is 1. The number of nitrogens with two attached hydrogens (primary N) is 1. The Hall–Kier alpha value is -1.41. The van der Waals surface area contributed by atoms with Gasteiger partial charge in [0.2, 0.25) is 0 Å². The predicted octanol–water partition coefficient (Wildman–Crippen LogP) is 0.0516. The molecule has 0 amide bonds. The predicted molar refractivity (Wildman–Crippen MR) is 40.9 cm³/mol. The van der Waals surface area contributed by atoms with E-state index in [0.29, 0.717) is 5.56 Å². The van der Waals surface area contributed by atoms with E-state index < -0.39 is 6.17 Å². The molecule has 1 unspecified atom stereocenters. The minimum atomic E-state index is -1.10. The Bertz CT molecular complexity index is 288. The van der Waals surface area contributed by atoms with Gasteiger partial charge in [-0.2, -0.15) is 10.4 Å². The molecule has 0 aliphatic heterocycles. The van der Waals surface area contributed by atoms with Gasteiger partial charge in [-0.25, -0.2) is 4.39 Å². The first-order valence-corrected chi connectivity index (χ1v) is 3.53. The second-order valence-electron chi connectivity index (χ2n) is 2.40. The van der Waals surface area contributed by atoms with Crippen molar-refractivity contribution in [1.29, 1.82) is 5.26 Å². The van der Waals surface area contributed by atoms with Crippen molar-refractivity contribution in [3.8, 4) is 6.07 Å². The van der Waals surface area contributed by atoms with Gasteiger partial charge in [0.25, 0.3) is 0 Å². The van der Waals surface area contributed by atoms with Gasteiger partial charge in [-0.05, 0) is 0 Å². The molecule has 4 nitrogen and oxygen atoms in total. The molecule has 12 heavy (non-hydrogen) atoms. The monoisotopic (exact) mass is 168 g/mol. The minimum Gasteiger partial charge on any atom is -0.328 e. The lowest BCUT2D eigenvalue weighted by molar-refractivity contribution is 0.293. The molecule has 0 radical (unpaired) electrons. The molecule has 1 aromatic rings. The fraction of sp³-hybridized carbons (Fsp3) is 0.429. The number of alkyl halides is 1. The third kappa shape index (κ3) is 2.04. The van der Waals surface area contributed by atoms with Crippen molar-refractivity contribution in [2.75, 3.05) is 6.54 Å². The maximum atomic E-state index is 12.7. The summed E-state index contributed by atoms with van der Waals surface area (Å²) in [5, 5.41) is 12.2. The molecule has 1 aromatic heterocycles. The molecular formula is C7H9FN4. The van der Waals surface area contributed by atoms with Crippen LogP contribution in [0.5, 0.6) is 0 Å². The van der Waals surface area contributed by atoms with Crippen molar-refractivity contribution in [2.45, 2.75) is 12.7 Å². The number of nitrogens with zero attached hydrogens (tertiary/aromatic N) is 3. The van der Waals surface area contributed by atoms with Crippen LogP contribution >= 0.6 is 0 Å². The molecule has 0 saturated heterocycles. The van der Waals surface area contributed by atoms with Gasteiger partial charge in [0.05, 0.1) is 18.3 Å². The van der Waals surface area contributed by atoms with Crippen molar-refractivity contribution in [3.05, 3.63) is 18.0 Å². The van der Waals surface area contributed by atoms with Crippen LogP contribution in [-0.2, 0) is 6.54 Å². The summed E-state index contributed by atoms with van der Waals surface area (Å²) in [7, 11) is 0. The third-order valence-corrected chi connectivity index (χ3v) is 1.40. The standard InChI is InChI=1S/C7H9FN4/c8-7(2-10)5-12-4-6(1-9)3-11-12/h3-4,7H,2,5,10H2. The highest BCUT2D eigenvalue weighted by Gasteiger charge is 2.05. The lowest BCUT2D eigenvalue weighted by Crippen LogP contribution is -2.21. The SMILES string of the molecule is N#Cc1cnn(CC(F)CN)c1. The highest BCUT2D eigenvalue weighted by atomic mass is 19.1. The van der Waals surface area contributed by atoms with E-state index in [9.17, 15) is 4.39 Å². The van der Waals surface area contributed by atoms with Crippen LogP contribution in [0.4, 0.5) is 4.39 Å². The Morgan fingerprint density at radius 3 is 3.08 bits per heavy atom. The largest absolute Gasteiger partial charge is 0.328 e. The van der Waals surface area contributed by atoms with Crippen molar-refractivity contribution in [2.24, 2.45) is 5.73 Å². The fourth-order valence-electron chi connectivity index (χ4n) is 0.799. The summed E-state index contributed by atoms with van der Waals surface area (Å²) in [6, 6.07) is 1.90. The molecule has 2 N–H and O–H groups in total. The smallest absolute Gasteiger partial charge is 0.132 e. The first-order valence-electron chi connectivity index (χ1n) is 3.53. The minimum absolute atomic E-state index is 0.0260. The number of rotatable bonds is 3. The van der Waals surface area contributed by atoms with E-state index in [2.05, 4.69) is 5.10 Å². The van der Waals surface area contributed by atoms with E-state index in [-0.39, 0.29) is 13.1 Å². The summed E-state index contributed by atoms with van der Waals surface area (Å²) in [6.45, 7) is 0.0833. The maximum absolute atomic E-state index is 12.7. The number of hydrogen-bond acceptors (Lipinski definition) is 3. The van der Waals surface area contributed by atoms with Crippen LogP contribution in [0, 0.1) is 11.3 Å². The number of aromatic nitrogens is 2. The number of halogens is 1. The molecule has 1 atom stereocenters. The zero-order chi connectivity index (χ0) is 8.97. The van der Waals surface area contributed by atoms with Gasteiger partial charge in [0.15, 0.2) is 0 Å². The van der Waals surface area contributed by atoms with E-state index in [0.717, 1.165) is 0 Å². The van der Waals surface area contributed by atoms with Gasteiger partial charge < -0.3 is 5.73 Å². The summed E-state index contributed by atoms with van der Waals surface area (Å²) in [5.74, 6) is 0. The molecule has 0 saturated carbocycles. The lowest BCUT2D eigenvalue weighted by atomic mass is 10.4. The van der Waals surface area contributed by atoms with E-state index in [1.807, 2.05) is 6.07 Å². The van der Waals surface area contributed by atoms with Crippen LogP contribution in [-0.4, -0.2) is 22.5 Å². The summed E-state index contributed by atoms with van der Waals surface area (Å²) in [6.07, 6.45) is 1.78. The topological polar surface area (TPSA) is 67.6 Å². The summed E-state index contributed by atoms with van der Waals surface area (Å²) < 4.78 is 14.0. The van der Waals surface area contributed by atoms with E-state index >= 15 is 0 Å². The van der Waals surface area contributed by atoms with Crippen LogP contribution < -0.4 is 5.73 Å². The van der Waals surface area contributed by atoms with Gasteiger partial charge in [-0.1, -0.05) is 0 Å². The Kier molecular flexibility index (Phi) is 2.77. The van der Waals surface area contributed by atoms with Gasteiger partial charge in [0.1, 0.15) is 12.2 Å². The summed E-state index contributed by atoms with van der Waals surface area (Å²) in [5.41, 5.74) is 5.51. The third-order valence-electron chi connectivity index (χ3n) is 1.40. The van der Waals surface area contributed by atoms with Crippen LogP contribution in [0.15, 0.2) is 12.4 Å². The first kappa shape index (κ1) is 8.68. The Morgan fingerprint density at radius 1 is 1.83 bits per heavy atom. The number of nitriles is 1. The van der Waals surface area contributed by atoms with Crippen molar-refractivity contribution < 1.29 is 4.39 Å². The van der Waals surface area contributed by atoms with Crippen LogP contribution in [0.2, 0.25) is 0 Å². The molecular weight excluding hydrogens is 159 g/mol. The van der Waals surface area contributed by atoms with E-state index in [1.54, 1.807) is 0 Å². The molecule has 1 heterocycles. The van der Waals surface area contributed by atoms with E-state index in [4.69, 9.17) is 11.0 Å². The second-order valence-corrected chi connectivity index (χ2v) is 2.40. The highest BCUT2D eigenvalue weighted by molar-refractivity contribution is 5.21. The van der Waals surface area contributed by atoms with Crippen LogP contribution in [0.3, 0.4) is 0 Å². The fourth-order valence-corrected chi connectivity index (χ4v) is 0.799. The van der Waals surface area contributed by atoms with E-state index in [1.165, 1.54) is 17.1 Å². The molecule has 0 aromatic carbocycles. The quantitative estimate of drug-likeness (QED) is 0.693. The Balaban J connectivity index is 2.59. The second kappa shape index (κ2) is 3.83. The Morgan fingerprint density at radius 2 is 2.58 bits per heavy atom.